The number of nitrogens with zero attached hydrogens (tertiary/aromatic N) is 12. The van der Waals surface area contributed by atoms with Gasteiger partial charge in [0.05, 0.1) is 51.4 Å². The number of methoxy groups -OCH3 is 2. The zero-order chi connectivity index (χ0) is 91.2. The third-order valence-electron chi connectivity index (χ3n) is 20.8. The van der Waals surface area contributed by atoms with E-state index in [4.69, 9.17) is 19.9 Å². The van der Waals surface area contributed by atoms with Crippen LogP contribution in [0.4, 0.5) is 60.3 Å². The van der Waals surface area contributed by atoms with E-state index in [9.17, 15) is 87.8 Å². The van der Waals surface area contributed by atoms with Crippen molar-refractivity contribution in [3.8, 4) is 28.7 Å². The molecule has 1 unspecified atom stereocenters. The lowest BCUT2D eigenvalue weighted by Crippen LogP contribution is -2.53. The number of aromatic amines is 3. The number of amides is 2. The second-order valence-corrected chi connectivity index (χ2v) is 29.6. The topological polar surface area (TPSA) is 390 Å². The second kappa shape index (κ2) is 40.2. The number of hydrazone groups is 1. The van der Waals surface area contributed by atoms with Crippen molar-refractivity contribution in [2.75, 3.05) is 31.9 Å². The van der Waals surface area contributed by atoms with Crippen molar-refractivity contribution in [3.05, 3.63) is 261 Å². The minimum absolute atomic E-state index is 0.0343. The van der Waals surface area contributed by atoms with E-state index in [0.717, 1.165) is 116 Å². The predicted octanol–water partition coefficient (Wildman–Crippen LogP) is 13.7. The molecule has 1 atom stereocenters. The number of aryl methyl sites for hydroxylation is 1. The highest BCUT2D eigenvalue weighted by Crippen LogP contribution is 2.51. The average molecular weight is 1770 g/mol. The molecule has 2 amide bonds. The molecule has 5 aromatic carbocycles. The number of rotatable bonds is 26. The zero-order valence-corrected chi connectivity index (χ0v) is 68.8. The van der Waals surface area contributed by atoms with Gasteiger partial charge in [0.25, 0.3) is 22.3 Å². The van der Waals surface area contributed by atoms with Crippen LogP contribution in [0, 0.1) is 17.0 Å². The first-order valence-electron chi connectivity index (χ1n) is 40.1. The number of H-pyrrole nitrogens is 3. The largest absolute Gasteiger partial charge is 0.619 e. The number of nitrogens with one attached hydrogen (secondary N) is 4. The summed E-state index contributed by atoms with van der Waals surface area (Å²) in [6, 6.07) is 34.2. The van der Waals surface area contributed by atoms with E-state index in [-0.39, 0.29) is 57.5 Å². The van der Waals surface area contributed by atoms with Gasteiger partial charge in [0.2, 0.25) is 5.91 Å². The van der Waals surface area contributed by atoms with Crippen molar-refractivity contribution >= 4 is 73.7 Å². The number of imidazole rings is 3. The van der Waals surface area contributed by atoms with Gasteiger partial charge in [0.15, 0.2) is 58.2 Å². The molecule has 0 radical (unpaired) electrons. The molecule has 8 aromatic heterocycles. The second-order valence-electron chi connectivity index (χ2n) is 29.6. The summed E-state index contributed by atoms with van der Waals surface area (Å²) in [5, 5.41) is 30.5. The van der Waals surface area contributed by atoms with E-state index >= 15 is 0 Å². The third kappa shape index (κ3) is 21.6. The van der Waals surface area contributed by atoms with Crippen molar-refractivity contribution < 1.29 is 87.0 Å². The molecule has 670 valence electrons. The van der Waals surface area contributed by atoms with E-state index in [1.54, 1.807) is 53.2 Å². The highest BCUT2D eigenvalue weighted by Gasteiger charge is 2.71. The van der Waals surface area contributed by atoms with Crippen LogP contribution in [0.5, 0.6) is 23.0 Å². The number of aliphatic hydroxyl groups is 1. The number of ether oxygens (including phenoxy) is 5. The molecule has 2 aliphatic carbocycles. The maximum Gasteiger partial charge on any atom is 0.430 e. The van der Waals surface area contributed by atoms with E-state index in [1.807, 2.05) is 86.6 Å². The van der Waals surface area contributed by atoms with Crippen molar-refractivity contribution in [1.29, 1.82) is 0 Å². The van der Waals surface area contributed by atoms with Gasteiger partial charge in [0, 0.05) is 85.5 Å². The van der Waals surface area contributed by atoms with Gasteiger partial charge in [-0.25, -0.2) is 34.3 Å². The molecular weight excluding hydrogens is 1690 g/mol. The Morgan fingerprint density at radius 1 is 0.622 bits per heavy atom. The molecule has 16 rings (SSSR count). The van der Waals surface area contributed by atoms with Crippen LogP contribution in [0.3, 0.4) is 0 Å². The Hall–Kier alpha value is -14.2. The van der Waals surface area contributed by atoms with Gasteiger partial charge in [-0.2, -0.15) is 58.7 Å². The highest BCUT2D eigenvalue weighted by atomic mass is 19.4. The third-order valence-corrected chi connectivity index (χ3v) is 20.8. The van der Waals surface area contributed by atoms with Crippen molar-refractivity contribution in [2.24, 2.45) is 16.9 Å². The number of carbonyl (C=O) groups excluding carboxylic acids is 2. The maximum atomic E-state index is 13.3. The number of pyridine rings is 3. The number of hydrogen-bond acceptors (Lipinski definition) is 20. The van der Waals surface area contributed by atoms with Gasteiger partial charge in [0.1, 0.15) is 22.2 Å². The fourth-order valence-corrected chi connectivity index (χ4v) is 14.0. The maximum absolute atomic E-state index is 13.3. The molecule has 2 fully saturated rings. The Balaban J connectivity index is 0.000000149. The van der Waals surface area contributed by atoms with Crippen molar-refractivity contribution in [1.82, 2.24) is 62.7 Å². The van der Waals surface area contributed by atoms with Gasteiger partial charge >= 0.3 is 43.0 Å². The van der Waals surface area contributed by atoms with Crippen LogP contribution in [-0.4, -0.2) is 132 Å². The zero-order valence-electron chi connectivity index (χ0n) is 68.8. The number of para-hydroxylation sites is 1. The molecule has 9 heterocycles. The Bertz CT molecular complexity index is 6370. The number of nitrogens with two attached hydrogens (primary N) is 1. The molecule has 127 heavy (non-hydrogen) atoms. The molecule has 2 saturated carbocycles. The minimum Gasteiger partial charge on any atom is -0.619 e. The number of anilines is 2. The molecule has 13 aromatic rings. The fourth-order valence-electron chi connectivity index (χ4n) is 14.0. The van der Waals surface area contributed by atoms with Gasteiger partial charge in [-0.05, 0) is 153 Å². The minimum atomic E-state index is -6.12. The van der Waals surface area contributed by atoms with E-state index < -0.39 is 60.3 Å². The SMILES string of the molecule is CCCCn1c(=O)c2[nH]cnc2n(CCC)c1=O.CCOC(=O)Nc1ccc(CN2N=C(c3ccc(OC)c(OC)c3)CCC2=O)cc1.Nc1nc2c([nH]1)c(=O)n(CC1CC1)c(=O)n2CC1CC1.O=c1c2[nH]cnc2c2cccnc2n1-c1ccccc1.[O-][n+]1ccc(CC(c2ccc(C(O)(C(F)(F)F)C(F)(F)F)cc2)c2ccc(OC(F)F)c(OC(F)F)c2)cc1. The highest BCUT2D eigenvalue weighted by molar-refractivity contribution is 6.04. The van der Waals surface area contributed by atoms with E-state index in [2.05, 4.69) is 54.8 Å². The van der Waals surface area contributed by atoms with E-state index in [1.165, 1.54) is 38.9 Å². The molecule has 1 aliphatic heterocycles. The summed E-state index contributed by atoms with van der Waals surface area (Å²) >= 11 is 0. The van der Waals surface area contributed by atoms with Gasteiger partial charge in [-0.1, -0.05) is 80.9 Å². The monoisotopic (exact) mass is 1770 g/mol. The van der Waals surface area contributed by atoms with Crippen LogP contribution in [0.2, 0.25) is 0 Å². The van der Waals surface area contributed by atoms with E-state index in [0.29, 0.717) is 143 Å². The standard InChI is InChI=1S/C24H17F10NO4.C22H25N3O5.C15H10N4O.C13H17N5O2.C12H18N4O2/c25-20(26)38-18-6-3-15(12-19(18)39-21(27)28)17(11-13-7-9-35(37)10-8-13)14-1-4-16(5-2-14)22(36,23(29,30)31)24(32,33)34;1-4-30-22(27)23-17-8-5-15(6-9-17)14-25-21(26)12-10-18(24-25)16-7-11-19(28-2)20(13-16)29-3;20-15-13-12(17-9-18-13)11-7-4-8-16-14(11)19(15)10-5-2-1-3-6-10;14-12-15-9-10(16-12)17(5-7-1-2-7)13(20)18(11(9)19)6-8-3-4-8;1-3-5-7-16-11(17)9-10(14-8-13-9)15(6-4-2)12(16)18/h1-10,12,17,20-21,36H,11H2;5-9,11,13H,4,10,12,14H2,1-3H3,(H,23,27);1-9H,(H,17,18);7-8H,1-6H2,(H3,14,15,16);8H,3-7H2,1-2H3,(H,13,14). The van der Waals surface area contributed by atoms with Crippen LogP contribution in [-0.2, 0) is 54.3 Å². The molecule has 0 saturated heterocycles. The fraction of sp³-hybridized carbons (Fsp3) is 0.337. The summed E-state index contributed by atoms with van der Waals surface area (Å²) < 4.78 is 163. The predicted molar refractivity (Wildman–Crippen MR) is 447 cm³/mol. The number of benzene rings is 5. The molecule has 0 bridgehead atoms. The summed E-state index contributed by atoms with van der Waals surface area (Å²) in [5.74, 6) is -0.152. The first-order chi connectivity index (χ1) is 60.7. The number of fused-ring (bicyclic) bond motifs is 5. The number of alkyl halides is 10. The summed E-state index contributed by atoms with van der Waals surface area (Å²) in [7, 11) is 3.17. The number of aromatic nitrogens is 13. The van der Waals surface area contributed by atoms with Gasteiger partial charge in [-0.3, -0.25) is 47.3 Å². The number of hydrogen-bond donors (Lipinski definition) is 6. The summed E-state index contributed by atoms with van der Waals surface area (Å²) in [4.78, 5) is 111. The van der Waals surface area contributed by atoms with Crippen LogP contribution < -0.4 is 62.8 Å². The molecule has 0 spiro atoms. The molecule has 41 heteroatoms. The van der Waals surface area contributed by atoms with Crippen LogP contribution in [0.15, 0.2) is 200 Å². The molecular formula is C86H87F10N17O14. The van der Waals surface area contributed by atoms with Crippen LogP contribution >= 0.6 is 0 Å². The summed E-state index contributed by atoms with van der Waals surface area (Å²) in [5.41, 5.74) is 5.70. The Morgan fingerprint density at radius 2 is 1.24 bits per heavy atom. The van der Waals surface area contributed by atoms with Gasteiger partial charge < -0.3 is 54.7 Å². The molecule has 3 aliphatic rings. The lowest BCUT2D eigenvalue weighted by atomic mass is 9.84. The Labute approximate surface area is 714 Å². The first kappa shape index (κ1) is 92.0. The Kier molecular flexibility index (Phi) is 29.2. The van der Waals surface area contributed by atoms with Crippen molar-refractivity contribution in [2.45, 2.75) is 155 Å². The average Bonchev–Trinajstić information content (AvgIpc) is 1.45. The lowest BCUT2D eigenvalue weighted by Gasteiger charge is -2.33. The summed E-state index contributed by atoms with van der Waals surface area (Å²) in [6.45, 7) is 1.74. The normalized spacial score (nSPS) is 13.7. The molecule has 7 N–H and O–H groups in total. The number of nitrogen functional groups attached to an aromatic ring is 1. The van der Waals surface area contributed by atoms with Gasteiger partial charge in [-0.15, -0.1) is 0 Å². The first-order valence-corrected chi connectivity index (χ1v) is 40.1. The van der Waals surface area contributed by atoms with Crippen LogP contribution in [0.1, 0.15) is 118 Å². The Morgan fingerprint density at radius 3 is 1.87 bits per heavy atom. The quantitative estimate of drug-likeness (QED) is 0.0167. The molecule has 31 nitrogen and oxygen atoms in total. The lowest BCUT2D eigenvalue weighted by molar-refractivity contribution is -0.605. The van der Waals surface area contributed by atoms with Crippen molar-refractivity contribution in [3.63, 3.8) is 0 Å². The van der Waals surface area contributed by atoms with Crippen LogP contribution in [0.25, 0.3) is 50.1 Å². The number of unbranched alkanes of at least 4 members (excludes halogenated alkanes) is 1. The number of carbonyl (C=O) groups is 2. The smallest absolute Gasteiger partial charge is 0.430 e. The number of halogens is 10. The summed E-state index contributed by atoms with van der Waals surface area (Å²) in [6.07, 6.45) is 2.07.